The topological polar surface area (TPSA) is 81.2 Å². The van der Waals surface area contributed by atoms with E-state index in [1.165, 1.54) is 0 Å². The van der Waals surface area contributed by atoms with Crippen molar-refractivity contribution in [2.75, 3.05) is 32.2 Å². The third-order valence-electron chi connectivity index (χ3n) is 4.74. The molecule has 1 amide bonds. The second kappa shape index (κ2) is 10.6. The van der Waals surface area contributed by atoms with E-state index in [1.807, 2.05) is 32.0 Å². The van der Waals surface area contributed by atoms with Gasteiger partial charge in [0.25, 0.3) is 5.91 Å². The van der Waals surface area contributed by atoms with Crippen molar-refractivity contribution in [1.29, 1.82) is 0 Å². The smallest absolute Gasteiger partial charge is 0.257 e. The van der Waals surface area contributed by atoms with Gasteiger partial charge in [0.15, 0.2) is 0 Å². The molecule has 0 radical (unpaired) electrons. The van der Waals surface area contributed by atoms with E-state index in [-0.39, 0.29) is 12.0 Å². The van der Waals surface area contributed by atoms with Crippen molar-refractivity contribution in [2.45, 2.75) is 32.8 Å². The molecule has 7 nitrogen and oxygen atoms in total. The van der Waals surface area contributed by atoms with Crippen LogP contribution in [-0.4, -0.2) is 44.8 Å². The molecule has 0 saturated carbocycles. The highest BCUT2D eigenvalue weighted by Gasteiger charge is 2.17. The number of carbonyl (C=O) groups excluding carboxylic acids is 1. The van der Waals surface area contributed by atoms with E-state index in [2.05, 4.69) is 15.6 Å². The van der Waals surface area contributed by atoms with E-state index in [0.29, 0.717) is 30.4 Å². The zero-order valence-electron chi connectivity index (χ0n) is 17.7. The molecule has 1 saturated heterocycles. The number of methoxy groups -OCH3 is 1. The number of nitrogens with zero attached hydrogens (tertiary/aromatic N) is 1. The summed E-state index contributed by atoms with van der Waals surface area (Å²) in [7, 11) is 1.61. The third-order valence-corrected chi connectivity index (χ3v) is 4.74. The lowest BCUT2D eigenvalue weighted by Crippen LogP contribution is -2.36. The summed E-state index contributed by atoms with van der Waals surface area (Å²) in [5.41, 5.74) is 2.31. The van der Waals surface area contributed by atoms with Gasteiger partial charge >= 0.3 is 0 Å². The number of hydrogen-bond donors (Lipinski definition) is 2. The van der Waals surface area contributed by atoms with Gasteiger partial charge in [-0.2, -0.15) is 0 Å². The molecule has 7 heteroatoms. The first-order chi connectivity index (χ1) is 14.6. The van der Waals surface area contributed by atoms with Crippen LogP contribution in [0.5, 0.6) is 11.5 Å². The fourth-order valence-corrected chi connectivity index (χ4v) is 3.19. The van der Waals surface area contributed by atoms with Crippen molar-refractivity contribution in [3.05, 3.63) is 53.6 Å². The van der Waals surface area contributed by atoms with E-state index in [0.717, 1.165) is 36.4 Å². The number of amides is 1. The van der Waals surface area contributed by atoms with Gasteiger partial charge in [0, 0.05) is 12.2 Å². The normalized spacial score (nSPS) is 16.2. The van der Waals surface area contributed by atoms with Gasteiger partial charge in [-0.05, 0) is 68.7 Å². The van der Waals surface area contributed by atoms with Crippen LogP contribution in [0.4, 0.5) is 5.69 Å². The summed E-state index contributed by atoms with van der Waals surface area (Å²) in [6.45, 7) is 5.72. The maximum Gasteiger partial charge on any atom is 0.257 e. The number of aryl methyl sites for hydroxylation is 1. The third kappa shape index (κ3) is 5.97. The van der Waals surface area contributed by atoms with Crippen LogP contribution in [0, 0.1) is 6.92 Å². The fraction of sp³-hybridized carbons (Fsp3) is 0.391. The standard InChI is InChI=1S/C23H29N3O4/c1-4-29-18-10-8-17(9-11-18)22(27)26-23(24-15-19-6-5-13-30-19)25-20-14-16(2)7-12-21(20)28-3/h7-12,14,19H,4-6,13,15H2,1-3H3,(H2,24,25,26,27)/t19-/m0/s1. The number of carbonyl (C=O) groups is 1. The fourth-order valence-electron chi connectivity index (χ4n) is 3.19. The number of hydrogen-bond acceptors (Lipinski definition) is 5. The Morgan fingerprint density at radius 2 is 2.03 bits per heavy atom. The Balaban J connectivity index is 1.77. The van der Waals surface area contributed by atoms with Crippen LogP contribution >= 0.6 is 0 Å². The van der Waals surface area contributed by atoms with Gasteiger partial charge < -0.3 is 19.5 Å². The van der Waals surface area contributed by atoms with Gasteiger partial charge in [0.1, 0.15) is 11.5 Å². The molecule has 0 unspecified atom stereocenters. The predicted octanol–water partition coefficient (Wildman–Crippen LogP) is 3.78. The monoisotopic (exact) mass is 411 g/mol. The van der Waals surface area contributed by atoms with E-state index >= 15 is 0 Å². The van der Waals surface area contributed by atoms with Crippen LogP contribution in [0.25, 0.3) is 0 Å². The summed E-state index contributed by atoms with van der Waals surface area (Å²) in [6.07, 6.45) is 2.08. The molecule has 1 atom stereocenters. The van der Waals surface area contributed by atoms with Gasteiger partial charge in [0.05, 0.1) is 32.1 Å². The van der Waals surface area contributed by atoms with E-state index in [9.17, 15) is 4.79 Å². The maximum atomic E-state index is 12.8. The number of anilines is 1. The lowest BCUT2D eigenvalue weighted by Gasteiger charge is -2.16. The van der Waals surface area contributed by atoms with E-state index < -0.39 is 0 Å². The number of ether oxygens (including phenoxy) is 3. The zero-order valence-corrected chi connectivity index (χ0v) is 17.7. The van der Waals surface area contributed by atoms with Gasteiger partial charge in [-0.25, -0.2) is 4.99 Å². The highest BCUT2D eigenvalue weighted by atomic mass is 16.5. The quantitative estimate of drug-likeness (QED) is 0.535. The first-order valence-corrected chi connectivity index (χ1v) is 10.2. The van der Waals surface area contributed by atoms with Crippen LogP contribution < -0.4 is 20.1 Å². The zero-order chi connectivity index (χ0) is 21.3. The van der Waals surface area contributed by atoms with Crippen molar-refractivity contribution in [3.8, 4) is 11.5 Å². The van der Waals surface area contributed by atoms with Crippen LogP contribution in [0.1, 0.15) is 35.7 Å². The SMILES string of the molecule is CCOc1ccc(C(=O)NC(=NC[C@@H]2CCCO2)Nc2cc(C)ccc2OC)cc1. The number of rotatable bonds is 7. The summed E-state index contributed by atoms with van der Waals surface area (Å²) in [4.78, 5) is 17.4. The molecule has 2 N–H and O–H groups in total. The largest absolute Gasteiger partial charge is 0.495 e. The van der Waals surface area contributed by atoms with Gasteiger partial charge in [-0.1, -0.05) is 6.07 Å². The average Bonchev–Trinajstić information content (AvgIpc) is 3.26. The summed E-state index contributed by atoms with van der Waals surface area (Å²) in [6, 6.07) is 12.8. The molecule has 0 aliphatic carbocycles. The Labute approximate surface area is 177 Å². The molecule has 30 heavy (non-hydrogen) atoms. The molecular weight excluding hydrogens is 382 g/mol. The molecule has 2 aromatic rings. The van der Waals surface area contributed by atoms with Crippen molar-refractivity contribution in [2.24, 2.45) is 4.99 Å². The molecule has 1 fully saturated rings. The molecular formula is C23H29N3O4. The first-order valence-electron chi connectivity index (χ1n) is 10.2. The van der Waals surface area contributed by atoms with E-state index in [4.69, 9.17) is 14.2 Å². The van der Waals surface area contributed by atoms with Gasteiger partial charge in [-0.3, -0.25) is 10.1 Å². The van der Waals surface area contributed by atoms with E-state index in [1.54, 1.807) is 31.4 Å². The van der Waals surface area contributed by atoms with Crippen LogP contribution in [0.15, 0.2) is 47.5 Å². The van der Waals surface area contributed by atoms with Crippen molar-refractivity contribution in [1.82, 2.24) is 5.32 Å². The predicted molar refractivity (Wildman–Crippen MR) is 118 cm³/mol. The number of aliphatic imine (C=N–C) groups is 1. The second-order valence-corrected chi connectivity index (χ2v) is 7.06. The molecule has 0 aromatic heterocycles. The number of nitrogens with one attached hydrogen (secondary N) is 2. The Morgan fingerprint density at radius 1 is 1.23 bits per heavy atom. The minimum Gasteiger partial charge on any atom is -0.495 e. The Morgan fingerprint density at radius 3 is 2.70 bits per heavy atom. The molecule has 2 aromatic carbocycles. The number of guanidine groups is 1. The van der Waals surface area contributed by atoms with Gasteiger partial charge in [-0.15, -0.1) is 0 Å². The summed E-state index contributed by atoms with van der Waals surface area (Å²) >= 11 is 0. The van der Waals surface area contributed by atoms with Crippen LogP contribution in [-0.2, 0) is 4.74 Å². The Kier molecular flexibility index (Phi) is 7.68. The molecule has 160 valence electrons. The molecule has 1 aliphatic heterocycles. The lowest BCUT2D eigenvalue weighted by molar-refractivity contribution is 0.0975. The molecule has 0 spiro atoms. The summed E-state index contributed by atoms with van der Waals surface area (Å²) < 4.78 is 16.5. The van der Waals surface area contributed by atoms with Gasteiger partial charge in [0.2, 0.25) is 5.96 Å². The first kappa shape index (κ1) is 21.6. The van der Waals surface area contributed by atoms with Crippen molar-refractivity contribution >= 4 is 17.6 Å². The number of benzene rings is 2. The lowest BCUT2D eigenvalue weighted by atomic mass is 10.2. The minimum atomic E-state index is -0.261. The summed E-state index contributed by atoms with van der Waals surface area (Å²) in [5, 5.41) is 6.08. The average molecular weight is 412 g/mol. The highest BCUT2D eigenvalue weighted by Crippen LogP contribution is 2.25. The Hall–Kier alpha value is -3.06. The molecule has 0 bridgehead atoms. The molecule has 1 heterocycles. The molecule has 1 aliphatic rings. The van der Waals surface area contributed by atoms with Crippen molar-refractivity contribution in [3.63, 3.8) is 0 Å². The maximum absolute atomic E-state index is 12.8. The Bertz CT molecular complexity index is 875. The highest BCUT2D eigenvalue weighted by molar-refractivity contribution is 6.10. The second-order valence-electron chi connectivity index (χ2n) is 7.06. The van der Waals surface area contributed by atoms with Crippen LogP contribution in [0.2, 0.25) is 0 Å². The van der Waals surface area contributed by atoms with Crippen molar-refractivity contribution < 1.29 is 19.0 Å². The minimum absolute atomic E-state index is 0.0728. The molecule has 3 rings (SSSR count). The summed E-state index contributed by atoms with van der Waals surface area (Å²) in [5.74, 6) is 1.49. The van der Waals surface area contributed by atoms with Crippen LogP contribution in [0.3, 0.4) is 0 Å².